The number of hydrogen-bond acceptors (Lipinski definition) is 7. The highest BCUT2D eigenvalue weighted by molar-refractivity contribution is 6.08. The summed E-state index contributed by atoms with van der Waals surface area (Å²) in [5.41, 5.74) is 3.76. The number of carbonyl (C=O) groups excluding carboxylic acids is 2. The SMILES string of the molecule is CON=C(C)C(C(=O)N[C@@H](Cc1ccc(-c2c(OC)cccc2OC)cc1)C(=O)OC)c1ccccc1. The lowest BCUT2D eigenvalue weighted by molar-refractivity contribution is -0.145. The van der Waals surface area contributed by atoms with Crippen LogP contribution in [0.3, 0.4) is 0 Å². The highest BCUT2D eigenvalue weighted by Crippen LogP contribution is 2.38. The highest BCUT2D eigenvalue weighted by atomic mass is 16.6. The smallest absolute Gasteiger partial charge is 0.328 e. The maximum absolute atomic E-state index is 13.4. The van der Waals surface area contributed by atoms with Gasteiger partial charge in [0.2, 0.25) is 5.91 Å². The third-order valence-corrected chi connectivity index (χ3v) is 5.96. The minimum Gasteiger partial charge on any atom is -0.496 e. The van der Waals surface area contributed by atoms with E-state index in [1.807, 2.05) is 72.8 Å². The normalized spacial score (nSPS) is 12.7. The second-order valence-corrected chi connectivity index (χ2v) is 8.28. The fourth-order valence-electron chi connectivity index (χ4n) is 4.19. The van der Waals surface area contributed by atoms with Gasteiger partial charge in [0.25, 0.3) is 0 Å². The lowest BCUT2D eigenvalue weighted by atomic mass is 9.93. The summed E-state index contributed by atoms with van der Waals surface area (Å²) in [6, 6.07) is 21.5. The molecule has 3 rings (SSSR count). The van der Waals surface area contributed by atoms with Gasteiger partial charge in [0.15, 0.2) is 0 Å². The topological polar surface area (TPSA) is 95.5 Å². The minimum atomic E-state index is -0.897. The van der Waals surface area contributed by atoms with Gasteiger partial charge >= 0.3 is 5.97 Å². The Bertz CT molecular complexity index is 1200. The molecule has 8 heteroatoms. The summed E-state index contributed by atoms with van der Waals surface area (Å²) in [5, 5.41) is 6.81. The van der Waals surface area contributed by atoms with E-state index in [4.69, 9.17) is 19.0 Å². The third kappa shape index (κ3) is 6.67. The van der Waals surface area contributed by atoms with Gasteiger partial charge in [-0.1, -0.05) is 65.8 Å². The molecule has 0 fully saturated rings. The summed E-state index contributed by atoms with van der Waals surface area (Å²) in [5.74, 6) is -0.278. The van der Waals surface area contributed by atoms with Crippen molar-refractivity contribution in [1.82, 2.24) is 5.32 Å². The first kappa shape index (κ1) is 27.3. The van der Waals surface area contributed by atoms with Gasteiger partial charge in [-0.25, -0.2) is 4.79 Å². The first-order valence-electron chi connectivity index (χ1n) is 11.7. The van der Waals surface area contributed by atoms with Crippen molar-refractivity contribution in [2.24, 2.45) is 5.16 Å². The number of esters is 1. The predicted octanol–water partition coefficient (Wildman–Crippen LogP) is 4.38. The molecule has 3 aromatic rings. The zero-order chi connectivity index (χ0) is 26.8. The molecule has 1 unspecified atom stereocenters. The van der Waals surface area contributed by atoms with Gasteiger partial charge in [0.1, 0.15) is 30.6 Å². The number of rotatable bonds is 11. The Kier molecular flexibility index (Phi) is 9.66. The molecule has 0 aliphatic carbocycles. The van der Waals surface area contributed by atoms with Crippen molar-refractivity contribution in [3.8, 4) is 22.6 Å². The van der Waals surface area contributed by atoms with E-state index in [0.29, 0.717) is 17.2 Å². The van der Waals surface area contributed by atoms with Crippen LogP contribution >= 0.6 is 0 Å². The second-order valence-electron chi connectivity index (χ2n) is 8.28. The van der Waals surface area contributed by atoms with Crippen LogP contribution in [0.15, 0.2) is 78.0 Å². The number of methoxy groups -OCH3 is 3. The molecule has 0 aliphatic rings. The molecule has 0 saturated carbocycles. The zero-order valence-corrected chi connectivity index (χ0v) is 21.7. The minimum absolute atomic E-state index is 0.240. The summed E-state index contributed by atoms with van der Waals surface area (Å²) in [7, 11) is 5.94. The summed E-state index contributed by atoms with van der Waals surface area (Å²) < 4.78 is 16.0. The molecule has 1 amide bonds. The van der Waals surface area contributed by atoms with E-state index in [1.54, 1.807) is 21.1 Å². The van der Waals surface area contributed by atoms with E-state index >= 15 is 0 Å². The number of nitrogens with one attached hydrogen (secondary N) is 1. The zero-order valence-electron chi connectivity index (χ0n) is 21.7. The van der Waals surface area contributed by atoms with Gasteiger partial charge in [-0.05, 0) is 35.7 Å². The summed E-state index contributed by atoms with van der Waals surface area (Å²) in [6.45, 7) is 1.71. The monoisotopic (exact) mass is 504 g/mol. The average Bonchev–Trinajstić information content (AvgIpc) is 2.93. The van der Waals surface area contributed by atoms with Crippen molar-refractivity contribution in [2.45, 2.75) is 25.3 Å². The summed E-state index contributed by atoms with van der Waals surface area (Å²) in [4.78, 5) is 30.9. The molecule has 194 valence electrons. The van der Waals surface area contributed by atoms with Gasteiger partial charge < -0.3 is 24.4 Å². The number of carbonyl (C=O) groups is 2. The van der Waals surface area contributed by atoms with E-state index in [0.717, 1.165) is 22.3 Å². The van der Waals surface area contributed by atoms with E-state index in [-0.39, 0.29) is 12.3 Å². The van der Waals surface area contributed by atoms with Crippen LogP contribution in [0.25, 0.3) is 11.1 Å². The van der Waals surface area contributed by atoms with Gasteiger partial charge in [-0.3, -0.25) is 4.79 Å². The molecule has 0 bridgehead atoms. The van der Waals surface area contributed by atoms with Crippen molar-refractivity contribution in [2.75, 3.05) is 28.4 Å². The molecule has 3 aromatic carbocycles. The Morgan fingerprint density at radius 2 is 1.46 bits per heavy atom. The summed E-state index contributed by atoms with van der Waals surface area (Å²) in [6.07, 6.45) is 0.240. The Labute approximate surface area is 217 Å². The molecule has 0 radical (unpaired) electrons. The average molecular weight is 505 g/mol. The quantitative estimate of drug-likeness (QED) is 0.237. The van der Waals surface area contributed by atoms with Crippen molar-refractivity contribution < 1.29 is 28.6 Å². The maximum atomic E-state index is 13.4. The molecular formula is C29H32N2O6. The van der Waals surface area contributed by atoms with E-state index in [2.05, 4.69) is 10.5 Å². The maximum Gasteiger partial charge on any atom is 0.328 e. The van der Waals surface area contributed by atoms with Crippen LogP contribution in [0.2, 0.25) is 0 Å². The molecule has 8 nitrogen and oxygen atoms in total. The van der Waals surface area contributed by atoms with Crippen LogP contribution in [0.1, 0.15) is 24.0 Å². The van der Waals surface area contributed by atoms with Crippen LogP contribution in [0.4, 0.5) is 0 Å². The Morgan fingerprint density at radius 3 is 2.00 bits per heavy atom. The van der Waals surface area contributed by atoms with Crippen molar-refractivity contribution >= 4 is 17.6 Å². The van der Waals surface area contributed by atoms with E-state index in [9.17, 15) is 9.59 Å². The van der Waals surface area contributed by atoms with Gasteiger partial charge in [0, 0.05) is 6.42 Å². The second kappa shape index (κ2) is 13.1. The lowest BCUT2D eigenvalue weighted by Gasteiger charge is -2.22. The van der Waals surface area contributed by atoms with Crippen LogP contribution in [-0.2, 0) is 25.6 Å². The number of oxime groups is 1. The molecular weight excluding hydrogens is 472 g/mol. The molecule has 0 aromatic heterocycles. The van der Waals surface area contributed by atoms with Crippen LogP contribution in [0.5, 0.6) is 11.5 Å². The molecule has 37 heavy (non-hydrogen) atoms. The van der Waals surface area contributed by atoms with Crippen LogP contribution in [-0.4, -0.2) is 52.1 Å². The standard InChI is InChI=1S/C29H32N2O6/c1-19(31-37-5)26(21-10-7-6-8-11-21)28(32)30-23(29(33)36-4)18-20-14-16-22(17-15-20)27-24(34-2)12-9-13-25(27)35-3/h6-17,23,26H,18H2,1-5H3,(H,30,32)/t23-,26?/m0/s1. The van der Waals surface area contributed by atoms with Gasteiger partial charge in [-0.2, -0.15) is 0 Å². The molecule has 0 aliphatic heterocycles. The first-order valence-corrected chi connectivity index (χ1v) is 11.7. The van der Waals surface area contributed by atoms with Crippen molar-refractivity contribution in [3.05, 3.63) is 83.9 Å². The Morgan fingerprint density at radius 1 is 0.838 bits per heavy atom. The number of ether oxygens (including phenoxy) is 3. The van der Waals surface area contributed by atoms with Gasteiger partial charge in [0.05, 0.1) is 32.6 Å². The van der Waals surface area contributed by atoms with Gasteiger partial charge in [-0.15, -0.1) is 0 Å². The van der Waals surface area contributed by atoms with Crippen LogP contribution in [0, 0.1) is 0 Å². The summed E-state index contributed by atoms with van der Waals surface area (Å²) >= 11 is 0. The van der Waals surface area contributed by atoms with Crippen LogP contribution < -0.4 is 14.8 Å². The number of benzene rings is 3. The molecule has 0 saturated heterocycles. The van der Waals surface area contributed by atoms with Crippen molar-refractivity contribution in [3.63, 3.8) is 0 Å². The Hall–Kier alpha value is -4.33. The van der Waals surface area contributed by atoms with E-state index in [1.165, 1.54) is 14.2 Å². The highest BCUT2D eigenvalue weighted by Gasteiger charge is 2.29. The predicted molar refractivity (Wildman–Crippen MR) is 142 cm³/mol. The Balaban J connectivity index is 1.85. The number of hydrogen-bond donors (Lipinski definition) is 1. The molecule has 0 spiro atoms. The lowest BCUT2D eigenvalue weighted by Crippen LogP contribution is -2.46. The fourth-order valence-corrected chi connectivity index (χ4v) is 4.19. The molecule has 1 N–H and O–H groups in total. The third-order valence-electron chi connectivity index (χ3n) is 5.96. The van der Waals surface area contributed by atoms with E-state index < -0.39 is 17.9 Å². The van der Waals surface area contributed by atoms with Crippen molar-refractivity contribution in [1.29, 1.82) is 0 Å². The number of nitrogens with zero attached hydrogens (tertiary/aromatic N) is 1. The number of amides is 1. The largest absolute Gasteiger partial charge is 0.496 e. The molecule has 0 heterocycles. The molecule has 2 atom stereocenters. The first-order chi connectivity index (χ1) is 17.9. The fraction of sp³-hybridized carbons (Fsp3) is 0.276.